The lowest BCUT2D eigenvalue weighted by molar-refractivity contribution is -0.140. The van der Waals surface area contributed by atoms with Crippen molar-refractivity contribution in [3.63, 3.8) is 0 Å². The van der Waals surface area contributed by atoms with Gasteiger partial charge >= 0.3 is 18.0 Å². The molecule has 1 aromatic carbocycles. The maximum absolute atomic E-state index is 11.9. The van der Waals surface area contributed by atoms with Crippen LogP contribution in [0.5, 0.6) is 11.5 Å². The van der Waals surface area contributed by atoms with Gasteiger partial charge in [0.15, 0.2) is 11.5 Å². The second kappa shape index (κ2) is 9.23. The number of carboxylic acid groups (broad SMARTS) is 2. The summed E-state index contributed by atoms with van der Waals surface area (Å²) in [6.07, 6.45) is -0.00726. The summed E-state index contributed by atoms with van der Waals surface area (Å²) < 4.78 is 10.2. The molecule has 132 valence electrons. The molecule has 1 atom stereocenters. The van der Waals surface area contributed by atoms with Gasteiger partial charge in [0.1, 0.15) is 6.04 Å². The van der Waals surface area contributed by atoms with Crippen LogP contribution in [0.3, 0.4) is 0 Å². The fraction of sp³-hybridized carbons (Fsp3) is 0.400. The van der Waals surface area contributed by atoms with Crippen LogP contribution >= 0.6 is 0 Å². The summed E-state index contributed by atoms with van der Waals surface area (Å²) in [6.45, 7) is 0. The van der Waals surface area contributed by atoms with Gasteiger partial charge in [-0.15, -0.1) is 0 Å². The van der Waals surface area contributed by atoms with Crippen LogP contribution in [0.2, 0.25) is 0 Å². The minimum absolute atomic E-state index is 0.0149. The second-order valence-electron chi connectivity index (χ2n) is 4.85. The molecule has 1 rings (SSSR count). The first kappa shape index (κ1) is 19.1. The first-order valence-corrected chi connectivity index (χ1v) is 7.11. The average Bonchev–Trinajstić information content (AvgIpc) is 2.53. The molecule has 1 aromatic rings. The number of aliphatic carboxylic acids is 2. The minimum atomic E-state index is -1.23. The van der Waals surface area contributed by atoms with Crippen LogP contribution in [0.25, 0.3) is 0 Å². The Morgan fingerprint density at radius 1 is 1.12 bits per heavy atom. The summed E-state index contributed by atoms with van der Waals surface area (Å²) in [4.78, 5) is 33.5. The number of anilines is 1. The molecule has 4 N–H and O–H groups in total. The van der Waals surface area contributed by atoms with Crippen molar-refractivity contribution in [2.24, 2.45) is 0 Å². The normalized spacial score (nSPS) is 11.2. The highest BCUT2D eigenvalue weighted by Gasteiger charge is 2.20. The number of nitrogens with one attached hydrogen (secondary N) is 2. The number of urea groups is 1. The molecule has 0 aliphatic rings. The fourth-order valence-electron chi connectivity index (χ4n) is 1.95. The lowest BCUT2D eigenvalue weighted by Crippen LogP contribution is -2.43. The van der Waals surface area contributed by atoms with Crippen molar-refractivity contribution in [2.75, 3.05) is 19.5 Å². The number of amides is 2. The summed E-state index contributed by atoms with van der Waals surface area (Å²) in [7, 11) is 2.93. The van der Waals surface area contributed by atoms with Gasteiger partial charge in [0.2, 0.25) is 0 Å². The van der Waals surface area contributed by atoms with Crippen LogP contribution in [-0.2, 0) is 9.59 Å². The quantitative estimate of drug-likeness (QED) is 0.535. The molecule has 0 aromatic heterocycles. The van der Waals surface area contributed by atoms with Crippen molar-refractivity contribution in [1.29, 1.82) is 0 Å². The van der Waals surface area contributed by atoms with Gasteiger partial charge in [0, 0.05) is 18.2 Å². The monoisotopic (exact) mass is 340 g/mol. The molecule has 1 unspecified atom stereocenters. The predicted octanol–water partition coefficient (Wildman–Crippen LogP) is 1.53. The Bertz CT molecular complexity index is 603. The highest BCUT2D eigenvalue weighted by atomic mass is 16.5. The summed E-state index contributed by atoms with van der Waals surface area (Å²) >= 11 is 0. The summed E-state index contributed by atoms with van der Waals surface area (Å²) in [6, 6.07) is 2.80. The van der Waals surface area contributed by atoms with Crippen molar-refractivity contribution in [2.45, 2.75) is 25.3 Å². The van der Waals surface area contributed by atoms with E-state index in [2.05, 4.69) is 10.6 Å². The third kappa shape index (κ3) is 6.03. The van der Waals surface area contributed by atoms with E-state index < -0.39 is 24.0 Å². The average molecular weight is 340 g/mol. The molecule has 0 aliphatic heterocycles. The molecule has 0 spiro atoms. The molecule has 0 saturated heterocycles. The lowest BCUT2D eigenvalue weighted by Gasteiger charge is -2.15. The zero-order valence-corrected chi connectivity index (χ0v) is 13.4. The van der Waals surface area contributed by atoms with E-state index in [1.54, 1.807) is 12.1 Å². The van der Waals surface area contributed by atoms with Gasteiger partial charge in [-0.1, -0.05) is 0 Å². The molecule has 0 bridgehead atoms. The van der Waals surface area contributed by atoms with E-state index in [9.17, 15) is 14.4 Å². The summed E-state index contributed by atoms with van der Waals surface area (Å²) in [5, 5.41) is 22.4. The third-order valence-corrected chi connectivity index (χ3v) is 3.13. The van der Waals surface area contributed by atoms with E-state index in [4.69, 9.17) is 19.7 Å². The Labute approximate surface area is 138 Å². The number of hydrogen-bond acceptors (Lipinski definition) is 5. The number of hydrogen-bond donors (Lipinski definition) is 4. The molecule has 0 aliphatic carbocycles. The summed E-state index contributed by atoms with van der Waals surface area (Å²) in [5.41, 5.74) is 0.389. The van der Waals surface area contributed by atoms with E-state index >= 15 is 0 Å². The maximum atomic E-state index is 11.9. The molecular weight excluding hydrogens is 320 g/mol. The highest BCUT2D eigenvalue weighted by Crippen LogP contribution is 2.29. The second-order valence-corrected chi connectivity index (χ2v) is 4.85. The first-order chi connectivity index (χ1) is 11.4. The van der Waals surface area contributed by atoms with Crippen LogP contribution in [0.4, 0.5) is 10.5 Å². The van der Waals surface area contributed by atoms with Crippen LogP contribution in [0.1, 0.15) is 19.3 Å². The maximum Gasteiger partial charge on any atom is 0.326 e. The summed E-state index contributed by atoms with van der Waals surface area (Å²) in [5.74, 6) is -1.36. The number of carbonyl (C=O) groups is 3. The molecular formula is C15H20N2O7. The Kier molecular flexibility index (Phi) is 7.34. The SMILES string of the molecule is COc1ccc(NC(=O)NC(CCCC(=O)O)C(=O)O)cc1OC. The van der Waals surface area contributed by atoms with Gasteiger partial charge in [-0.25, -0.2) is 9.59 Å². The third-order valence-electron chi connectivity index (χ3n) is 3.13. The predicted molar refractivity (Wildman–Crippen MR) is 84.6 cm³/mol. The van der Waals surface area contributed by atoms with Gasteiger partial charge in [-0.05, 0) is 25.0 Å². The molecule has 0 saturated carbocycles. The van der Waals surface area contributed by atoms with Crippen molar-refractivity contribution >= 4 is 23.7 Å². The molecule has 9 heteroatoms. The van der Waals surface area contributed by atoms with Crippen molar-refractivity contribution in [3.8, 4) is 11.5 Å². The first-order valence-electron chi connectivity index (χ1n) is 7.11. The number of carbonyl (C=O) groups excluding carboxylic acids is 1. The van der Waals surface area contributed by atoms with Crippen molar-refractivity contribution in [3.05, 3.63) is 18.2 Å². The zero-order chi connectivity index (χ0) is 18.1. The molecule has 0 heterocycles. The molecule has 0 radical (unpaired) electrons. The van der Waals surface area contributed by atoms with Gasteiger partial charge < -0.3 is 30.3 Å². The van der Waals surface area contributed by atoms with Crippen LogP contribution < -0.4 is 20.1 Å². The fourth-order valence-corrected chi connectivity index (χ4v) is 1.95. The standard InChI is InChI=1S/C15H20N2O7/c1-23-11-7-6-9(8-12(11)24-2)16-15(22)17-10(14(20)21)4-3-5-13(18)19/h6-8,10H,3-5H2,1-2H3,(H,18,19)(H,20,21)(H2,16,17,22). The topological polar surface area (TPSA) is 134 Å². The smallest absolute Gasteiger partial charge is 0.326 e. The van der Waals surface area contributed by atoms with Crippen molar-refractivity contribution in [1.82, 2.24) is 5.32 Å². The number of carboxylic acids is 2. The Hall–Kier alpha value is -2.97. The largest absolute Gasteiger partial charge is 0.493 e. The van der Waals surface area contributed by atoms with E-state index in [1.165, 1.54) is 20.3 Å². The Morgan fingerprint density at radius 2 is 1.79 bits per heavy atom. The van der Waals surface area contributed by atoms with Gasteiger partial charge in [-0.2, -0.15) is 0 Å². The Balaban J connectivity index is 2.65. The zero-order valence-electron chi connectivity index (χ0n) is 13.4. The van der Waals surface area contributed by atoms with Gasteiger partial charge in [-0.3, -0.25) is 4.79 Å². The van der Waals surface area contributed by atoms with Gasteiger partial charge in [0.05, 0.1) is 14.2 Å². The number of rotatable bonds is 9. The van der Waals surface area contributed by atoms with Gasteiger partial charge in [0.25, 0.3) is 0 Å². The molecule has 9 nitrogen and oxygen atoms in total. The Morgan fingerprint density at radius 3 is 2.33 bits per heavy atom. The van der Waals surface area contributed by atoms with Crippen LogP contribution in [-0.4, -0.2) is 48.4 Å². The van der Waals surface area contributed by atoms with E-state index in [0.29, 0.717) is 17.2 Å². The molecule has 0 fully saturated rings. The number of ether oxygens (including phenoxy) is 2. The van der Waals surface area contributed by atoms with Crippen LogP contribution in [0.15, 0.2) is 18.2 Å². The number of methoxy groups -OCH3 is 2. The minimum Gasteiger partial charge on any atom is -0.493 e. The molecule has 2 amide bonds. The van der Waals surface area contributed by atoms with Crippen LogP contribution in [0, 0.1) is 0 Å². The highest BCUT2D eigenvalue weighted by molar-refractivity contribution is 5.92. The van der Waals surface area contributed by atoms with E-state index in [1.807, 2.05) is 0 Å². The van der Waals surface area contributed by atoms with E-state index in [0.717, 1.165) is 0 Å². The lowest BCUT2D eigenvalue weighted by atomic mass is 10.1. The number of benzene rings is 1. The van der Waals surface area contributed by atoms with E-state index in [-0.39, 0.29) is 19.3 Å². The molecule has 24 heavy (non-hydrogen) atoms. The van der Waals surface area contributed by atoms with Crippen molar-refractivity contribution < 1.29 is 34.1 Å².